The monoisotopic (exact) mass is 359 g/mol. The van der Waals surface area contributed by atoms with E-state index >= 15 is 0 Å². The van der Waals surface area contributed by atoms with Crippen LogP contribution in [0.5, 0.6) is 0 Å². The van der Waals surface area contributed by atoms with Gasteiger partial charge in [-0.1, -0.05) is 0 Å². The lowest BCUT2D eigenvalue weighted by Gasteiger charge is -2.15. The molecule has 26 heavy (non-hydrogen) atoms. The molecule has 0 radical (unpaired) electrons. The molecule has 1 aromatic carbocycles. The largest absolute Gasteiger partial charge is 0.406 e. The zero-order valence-electron chi connectivity index (χ0n) is 13.2. The Morgan fingerprint density at radius 1 is 1.12 bits per heavy atom. The number of nitrogens with one attached hydrogen (secondary N) is 2. The van der Waals surface area contributed by atoms with E-state index in [1.807, 2.05) is 0 Å². The maximum atomic E-state index is 13.0. The van der Waals surface area contributed by atoms with Crippen molar-refractivity contribution in [1.82, 2.24) is 19.7 Å². The Bertz CT molecular complexity index is 1150. The van der Waals surface area contributed by atoms with Crippen LogP contribution in [0.1, 0.15) is 0 Å². The summed E-state index contributed by atoms with van der Waals surface area (Å²) in [5.74, 6) is 0. The average molecular weight is 359 g/mol. The normalized spacial score (nSPS) is 12.0. The second-order valence-electron chi connectivity index (χ2n) is 5.76. The first-order valence-electron chi connectivity index (χ1n) is 7.66. The predicted octanol–water partition coefficient (Wildman–Crippen LogP) is 3.58. The SMILES string of the molecule is O=c1c2cn[nH]c2c2ccc(Nc3cccnc3)cc2n1CC(F)(F)F. The van der Waals surface area contributed by atoms with E-state index in [0.29, 0.717) is 22.3 Å². The molecule has 3 aromatic heterocycles. The molecule has 0 aliphatic carbocycles. The van der Waals surface area contributed by atoms with Crippen LogP contribution in [0.25, 0.3) is 21.8 Å². The van der Waals surface area contributed by atoms with Gasteiger partial charge in [-0.15, -0.1) is 0 Å². The van der Waals surface area contributed by atoms with Crippen molar-refractivity contribution in [2.75, 3.05) is 5.32 Å². The van der Waals surface area contributed by atoms with Gasteiger partial charge < -0.3 is 5.32 Å². The van der Waals surface area contributed by atoms with E-state index in [4.69, 9.17) is 0 Å². The Hall–Kier alpha value is -3.36. The number of anilines is 2. The molecule has 0 saturated carbocycles. The summed E-state index contributed by atoms with van der Waals surface area (Å²) >= 11 is 0. The molecule has 6 nitrogen and oxygen atoms in total. The fourth-order valence-corrected chi connectivity index (χ4v) is 2.89. The van der Waals surface area contributed by atoms with Crippen LogP contribution in [0.2, 0.25) is 0 Å². The van der Waals surface area contributed by atoms with E-state index < -0.39 is 18.3 Å². The number of alkyl halides is 3. The summed E-state index contributed by atoms with van der Waals surface area (Å²) in [6.45, 7) is -1.38. The Labute approximate surface area is 144 Å². The molecule has 0 atom stereocenters. The first-order valence-corrected chi connectivity index (χ1v) is 7.66. The standard InChI is InChI=1S/C17H12F3N5O/c18-17(19,20)9-25-14-6-10(23-11-2-1-5-21-7-11)3-4-12(14)15-13(16(25)26)8-22-24-15/h1-8,23H,9H2,(H,22,24). The van der Waals surface area contributed by atoms with Crippen molar-refractivity contribution in [2.24, 2.45) is 0 Å². The zero-order valence-corrected chi connectivity index (χ0v) is 13.2. The molecule has 0 fully saturated rings. The minimum absolute atomic E-state index is 0.120. The fraction of sp³-hybridized carbons (Fsp3) is 0.118. The van der Waals surface area contributed by atoms with Gasteiger partial charge in [0.15, 0.2) is 0 Å². The Morgan fingerprint density at radius 2 is 1.96 bits per heavy atom. The number of fused-ring (bicyclic) bond motifs is 3. The molecule has 3 heterocycles. The van der Waals surface area contributed by atoms with E-state index in [2.05, 4.69) is 20.5 Å². The van der Waals surface area contributed by atoms with Crippen LogP contribution < -0.4 is 10.9 Å². The van der Waals surface area contributed by atoms with Gasteiger partial charge in [0, 0.05) is 17.3 Å². The topological polar surface area (TPSA) is 75.6 Å². The van der Waals surface area contributed by atoms with Gasteiger partial charge in [0.2, 0.25) is 0 Å². The fourth-order valence-electron chi connectivity index (χ4n) is 2.89. The van der Waals surface area contributed by atoms with Gasteiger partial charge in [-0.05, 0) is 30.3 Å². The third kappa shape index (κ3) is 2.87. The molecule has 0 aliphatic rings. The zero-order chi connectivity index (χ0) is 18.3. The molecule has 0 aliphatic heterocycles. The Morgan fingerprint density at radius 3 is 2.69 bits per heavy atom. The van der Waals surface area contributed by atoms with E-state index in [0.717, 1.165) is 4.57 Å². The van der Waals surface area contributed by atoms with Crippen molar-refractivity contribution < 1.29 is 13.2 Å². The van der Waals surface area contributed by atoms with Gasteiger partial charge in [0.05, 0.1) is 34.5 Å². The number of nitrogens with zero attached hydrogens (tertiary/aromatic N) is 3. The minimum atomic E-state index is -4.53. The molecule has 2 N–H and O–H groups in total. The number of hydrogen-bond donors (Lipinski definition) is 2. The van der Waals surface area contributed by atoms with Crippen LogP contribution in [0.15, 0.2) is 53.7 Å². The number of halogens is 3. The van der Waals surface area contributed by atoms with Gasteiger partial charge in [0.25, 0.3) is 5.56 Å². The second-order valence-corrected chi connectivity index (χ2v) is 5.76. The highest BCUT2D eigenvalue weighted by Crippen LogP contribution is 2.27. The van der Waals surface area contributed by atoms with Crippen molar-refractivity contribution in [1.29, 1.82) is 0 Å². The van der Waals surface area contributed by atoms with Crippen molar-refractivity contribution in [3.8, 4) is 0 Å². The summed E-state index contributed by atoms with van der Waals surface area (Å²) in [6, 6.07) is 8.39. The van der Waals surface area contributed by atoms with E-state index in [1.54, 1.807) is 36.7 Å². The van der Waals surface area contributed by atoms with E-state index in [9.17, 15) is 18.0 Å². The average Bonchev–Trinajstić information content (AvgIpc) is 3.08. The number of aromatic amines is 1. The lowest BCUT2D eigenvalue weighted by atomic mass is 10.1. The summed E-state index contributed by atoms with van der Waals surface area (Å²) in [7, 11) is 0. The Balaban J connectivity index is 1.93. The maximum absolute atomic E-state index is 13.0. The van der Waals surface area contributed by atoms with Crippen molar-refractivity contribution in [2.45, 2.75) is 12.7 Å². The smallest absolute Gasteiger partial charge is 0.354 e. The summed E-state index contributed by atoms with van der Waals surface area (Å²) < 4.78 is 39.8. The summed E-state index contributed by atoms with van der Waals surface area (Å²) in [5, 5.41) is 10.2. The molecule has 132 valence electrons. The molecule has 0 saturated heterocycles. The third-order valence-corrected chi connectivity index (χ3v) is 3.96. The van der Waals surface area contributed by atoms with Gasteiger partial charge in [-0.2, -0.15) is 18.3 Å². The molecule has 0 bridgehead atoms. The number of aromatic nitrogens is 4. The van der Waals surface area contributed by atoms with Crippen LogP contribution in [-0.4, -0.2) is 25.9 Å². The molecular formula is C17H12F3N5O. The summed E-state index contributed by atoms with van der Waals surface area (Å²) in [5.41, 5.74) is 1.06. The van der Waals surface area contributed by atoms with Gasteiger partial charge >= 0.3 is 6.18 Å². The van der Waals surface area contributed by atoms with Crippen molar-refractivity contribution in [3.05, 3.63) is 59.3 Å². The Kier molecular flexibility index (Phi) is 3.64. The first kappa shape index (κ1) is 16.1. The predicted molar refractivity (Wildman–Crippen MR) is 91.4 cm³/mol. The number of hydrogen-bond acceptors (Lipinski definition) is 4. The molecule has 0 amide bonds. The lowest BCUT2D eigenvalue weighted by molar-refractivity contribution is -0.140. The van der Waals surface area contributed by atoms with Crippen molar-refractivity contribution >= 4 is 33.2 Å². The molecule has 4 aromatic rings. The lowest BCUT2D eigenvalue weighted by Crippen LogP contribution is -2.28. The van der Waals surface area contributed by atoms with Gasteiger partial charge in [0.1, 0.15) is 6.54 Å². The minimum Gasteiger partial charge on any atom is -0.354 e. The van der Waals surface area contributed by atoms with E-state index in [1.165, 1.54) is 12.3 Å². The second kappa shape index (κ2) is 5.87. The van der Waals surface area contributed by atoms with Gasteiger partial charge in [-0.25, -0.2) is 0 Å². The third-order valence-electron chi connectivity index (χ3n) is 3.96. The summed E-state index contributed by atoms with van der Waals surface area (Å²) in [6.07, 6.45) is -0.0840. The van der Waals surface area contributed by atoms with Crippen LogP contribution >= 0.6 is 0 Å². The highest BCUT2D eigenvalue weighted by Gasteiger charge is 2.30. The van der Waals surface area contributed by atoms with Crippen LogP contribution in [-0.2, 0) is 6.54 Å². The van der Waals surface area contributed by atoms with Crippen LogP contribution in [0.4, 0.5) is 24.5 Å². The van der Waals surface area contributed by atoms with Crippen LogP contribution in [0, 0.1) is 0 Å². The summed E-state index contributed by atoms with van der Waals surface area (Å²) in [4.78, 5) is 16.5. The molecule has 9 heteroatoms. The first-order chi connectivity index (χ1) is 12.4. The van der Waals surface area contributed by atoms with E-state index in [-0.39, 0.29) is 10.9 Å². The number of rotatable bonds is 3. The van der Waals surface area contributed by atoms with Gasteiger partial charge in [-0.3, -0.25) is 19.4 Å². The molecular weight excluding hydrogens is 347 g/mol. The molecule has 0 unspecified atom stereocenters. The quantitative estimate of drug-likeness (QED) is 0.586. The number of pyridine rings is 2. The molecule has 0 spiro atoms. The molecule has 4 rings (SSSR count). The van der Waals surface area contributed by atoms with Crippen LogP contribution in [0.3, 0.4) is 0 Å². The van der Waals surface area contributed by atoms with Crippen molar-refractivity contribution in [3.63, 3.8) is 0 Å². The highest BCUT2D eigenvalue weighted by molar-refractivity contribution is 6.04. The number of benzene rings is 1. The highest BCUT2D eigenvalue weighted by atomic mass is 19.4. The maximum Gasteiger partial charge on any atom is 0.406 e. The number of H-pyrrole nitrogens is 1.